The zero-order valence-electron chi connectivity index (χ0n) is 32.4. The van der Waals surface area contributed by atoms with Crippen molar-refractivity contribution in [1.82, 2.24) is 21.3 Å². The van der Waals surface area contributed by atoms with Gasteiger partial charge >= 0.3 is 6.09 Å². The molecular formula is C38H58N6O10. The molecule has 300 valence electrons. The summed E-state index contributed by atoms with van der Waals surface area (Å²) in [5.41, 5.74) is 11.6. The van der Waals surface area contributed by atoms with Gasteiger partial charge < -0.3 is 52.1 Å². The molecule has 1 aliphatic heterocycles. The Bertz CT molecular complexity index is 1530. The van der Waals surface area contributed by atoms with E-state index < -0.39 is 65.8 Å². The molecule has 0 fully saturated rings. The Morgan fingerprint density at radius 3 is 2.39 bits per heavy atom. The summed E-state index contributed by atoms with van der Waals surface area (Å²) in [5.74, 6) is -3.32. The molecule has 1 aliphatic carbocycles. The molecule has 0 aromatic carbocycles. The van der Waals surface area contributed by atoms with Crippen LogP contribution in [-0.4, -0.2) is 105 Å². The lowest BCUT2D eigenvalue weighted by Gasteiger charge is -2.30. The number of unbranched alkanes of at least 4 members (excludes halogenated alkanes) is 1. The highest BCUT2D eigenvalue weighted by atomic mass is 16.6. The van der Waals surface area contributed by atoms with Crippen molar-refractivity contribution in [3.63, 3.8) is 0 Å². The van der Waals surface area contributed by atoms with Gasteiger partial charge in [0.05, 0.1) is 23.6 Å². The predicted octanol–water partition coefficient (Wildman–Crippen LogP) is 1.10. The summed E-state index contributed by atoms with van der Waals surface area (Å²) in [6.07, 6.45) is 4.90. The van der Waals surface area contributed by atoms with Gasteiger partial charge in [0.1, 0.15) is 12.1 Å². The Hall–Kier alpha value is -4.64. The average molecular weight is 759 g/mol. The molecule has 4 amide bonds. The maximum atomic E-state index is 13.9. The molecule has 2 aliphatic rings. The SMILES string of the molecule is CO[C@H]1/C=C\C=C(/C)C(=O)NC2=CC(=O)C(NCCNC(=O)[C@H](CCCCN)NC(C)=O)=C(C[C@@H](C)C[C@H](OC)[C@H](O)[C@@H](C)/C=C(\C)[C@@H]1OC(N)=O)C2=O. The highest BCUT2D eigenvalue weighted by molar-refractivity contribution is 6.23. The van der Waals surface area contributed by atoms with Gasteiger partial charge in [-0.05, 0) is 64.0 Å². The molecule has 7 atom stereocenters. The second kappa shape index (κ2) is 22.5. The number of nitrogens with two attached hydrogens (primary N) is 2. The fourth-order valence-corrected chi connectivity index (χ4v) is 6.28. The number of carbonyl (C=O) groups is 6. The quantitative estimate of drug-likeness (QED) is 0.0793. The van der Waals surface area contributed by atoms with Gasteiger partial charge in [0.25, 0.3) is 5.91 Å². The Kier molecular flexibility index (Phi) is 19.0. The number of carbonyl (C=O) groups excluding carboxylic acids is 6. The van der Waals surface area contributed by atoms with Gasteiger partial charge in [-0.15, -0.1) is 0 Å². The molecule has 54 heavy (non-hydrogen) atoms. The Balaban J connectivity index is 2.46. The first-order chi connectivity index (χ1) is 25.5. The smallest absolute Gasteiger partial charge is 0.405 e. The molecule has 0 spiro atoms. The summed E-state index contributed by atoms with van der Waals surface area (Å²) >= 11 is 0. The molecule has 2 bridgehead atoms. The van der Waals surface area contributed by atoms with E-state index in [1.807, 2.05) is 6.92 Å². The molecule has 0 saturated heterocycles. The minimum absolute atomic E-state index is 0.0223. The molecule has 0 unspecified atom stereocenters. The molecule has 0 radical (unpaired) electrons. The second-order valence-corrected chi connectivity index (χ2v) is 13.7. The Labute approximate surface area is 317 Å². The summed E-state index contributed by atoms with van der Waals surface area (Å²) in [6.45, 7) is 8.78. The number of amides is 4. The normalized spacial score (nSPS) is 27.6. The van der Waals surface area contributed by atoms with E-state index in [2.05, 4.69) is 21.3 Å². The molecule has 1 heterocycles. The molecule has 2 rings (SSSR count). The van der Waals surface area contributed by atoms with E-state index in [0.29, 0.717) is 31.4 Å². The van der Waals surface area contributed by atoms with Crippen LogP contribution in [0.2, 0.25) is 0 Å². The predicted molar refractivity (Wildman–Crippen MR) is 201 cm³/mol. The summed E-state index contributed by atoms with van der Waals surface area (Å²) in [6, 6.07) is -0.749. The second-order valence-electron chi connectivity index (χ2n) is 13.7. The fourth-order valence-electron chi connectivity index (χ4n) is 6.28. The minimum Gasteiger partial charge on any atom is -0.439 e. The lowest BCUT2D eigenvalue weighted by Crippen LogP contribution is -2.47. The third-order valence-corrected chi connectivity index (χ3v) is 9.16. The molecule has 0 aromatic rings. The molecule has 9 N–H and O–H groups in total. The van der Waals surface area contributed by atoms with Crippen LogP contribution in [0.15, 0.2) is 58.5 Å². The van der Waals surface area contributed by atoms with E-state index in [4.69, 9.17) is 25.7 Å². The van der Waals surface area contributed by atoms with E-state index in [0.717, 1.165) is 6.08 Å². The number of Topliss-reactive ketones (excluding diaryl/α,β-unsaturated/α-hetero) is 1. The monoisotopic (exact) mass is 758 g/mol. The zero-order chi connectivity index (χ0) is 40.5. The van der Waals surface area contributed by atoms with E-state index in [9.17, 15) is 33.9 Å². The highest BCUT2D eigenvalue weighted by Gasteiger charge is 2.33. The van der Waals surface area contributed by atoms with Gasteiger partial charge in [-0.3, -0.25) is 24.0 Å². The third kappa shape index (κ3) is 14.0. The van der Waals surface area contributed by atoms with E-state index in [1.165, 1.54) is 40.2 Å². The van der Waals surface area contributed by atoms with Crippen LogP contribution in [0.4, 0.5) is 4.79 Å². The van der Waals surface area contributed by atoms with Gasteiger partial charge in [-0.1, -0.05) is 38.2 Å². The van der Waals surface area contributed by atoms with E-state index in [1.54, 1.807) is 26.0 Å². The number of ketones is 2. The first-order valence-corrected chi connectivity index (χ1v) is 18.1. The lowest BCUT2D eigenvalue weighted by molar-refractivity contribution is -0.128. The fraction of sp³-hybridized carbons (Fsp3) is 0.579. The summed E-state index contributed by atoms with van der Waals surface area (Å²) in [4.78, 5) is 77.1. The van der Waals surface area contributed by atoms with Crippen LogP contribution < -0.4 is 32.7 Å². The number of hydrogen-bond donors (Lipinski definition) is 7. The van der Waals surface area contributed by atoms with Crippen molar-refractivity contribution in [1.29, 1.82) is 0 Å². The first-order valence-electron chi connectivity index (χ1n) is 18.1. The summed E-state index contributed by atoms with van der Waals surface area (Å²) in [5, 5.41) is 22.3. The number of allylic oxidation sites excluding steroid dienone is 4. The highest BCUT2D eigenvalue weighted by Crippen LogP contribution is 2.29. The van der Waals surface area contributed by atoms with Crippen LogP contribution in [0.5, 0.6) is 0 Å². The number of ether oxygens (including phenoxy) is 3. The largest absolute Gasteiger partial charge is 0.439 e. The Morgan fingerprint density at radius 2 is 1.78 bits per heavy atom. The molecule has 0 saturated carbocycles. The molecular weight excluding hydrogens is 700 g/mol. The number of fused-ring (bicyclic) bond motifs is 2. The van der Waals surface area contributed by atoms with E-state index >= 15 is 0 Å². The van der Waals surface area contributed by atoms with Crippen molar-refractivity contribution in [2.75, 3.05) is 33.9 Å². The van der Waals surface area contributed by atoms with Crippen LogP contribution in [0.3, 0.4) is 0 Å². The van der Waals surface area contributed by atoms with Gasteiger partial charge in [0.15, 0.2) is 6.10 Å². The number of methoxy groups -OCH3 is 2. The molecule has 0 aromatic heterocycles. The van der Waals surface area contributed by atoms with Gasteiger partial charge in [-0.25, -0.2) is 4.79 Å². The van der Waals surface area contributed by atoms with Gasteiger partial charge in [0, 0.05) is 57.4 Å². The summed E-state index contributed by atoms with van der Waals surface area (Å²) < 4.78 is 16.7. The number of hydrogen-bond acceptors (Lipinski definition) is 12. The number of aliphatic hydroxyl groups is 1. The van der Waals surface area contributed by atoms with Crippen LogP contribution >= 0.6 is 0 Å². The Morgan fingerprint density at radius 1 is 1.07 bits per heavy atom. The van der Waals surface area contributed by atoms with Crippen molar-refractivity contribution >= 4 is 35.4 Å². The van der Waals surface area contributed by atoms with Crippen molar-refractivity contribution < 1.29 is 48.1 Å². The van der Waals surface area contributed by atoms with Crippen molar-refractivity contribution in [3.8, 4) is 0 Å². The number of nitrogens with one attached hydrogen (secondary N) is 4. The van der Waals surface area contributed by atoms with Crippen molar-refractivity contribution in [2.45, 2.75) is 97.2 Å². The molecule has 16 nitrogen and oxygen atoms in total. The maximum absolute atomic E-state index is 13.9. The maximum Gasteiger partial charge on any atom is 0.405 e. The van der Waals surface area contributed by atoms with Crippen molar-refractivity contribution in [2.24, 2.45) is 23.3 Å². The lowest BCUT2D eigenvalue weighted by atomic mass is 9.85. The standard InChI is InChI=1S/C38H58N6O10/c1-21-17-26-32(41-15-16-42-37(50)27(43-25(5)45)12-8-9-14-39)29(46)20-28(34(26)48)44-36(49)22(2)11-10-13-30(52-6)35(54-38(40)51)24(4)19-23(3)33(47)31(18-21)53-7/h10-11,13,19-21,23,27,30-31,33,35,41,47H,8-9,12,14-18,39H2,1-7H3,(H2,40,51)(H,42,50)(H,43,45)(H,44,49)/b13-10-,22-11+,24-19+/t21-,23+,27+,30+,31+,33-,35+/m1/s1. The topological polar surface area (TPSA) is 250 Å². The van der Waals surface area contributed by atoms with Crippen LogP contribution in [0, 0.1) is 11.8 Å². The number of rotatable bonds is 13. The van der Waals surface area contributed by atoms with Gasteiger partial charge in [0.2, 0.25) is 23.4 Å². The number of primary amides is 1. The molecule has 16 heteroatoms. The van der Waals surface area contributed by atoms with Crippen LogP contribution in [0.1, 0.15) is 66.7 Å². The third-order valence-electron chi connectivity index (χ3n) is 9.16. The number of aliphatic hydroxyl groups excluding tert-OH is 1. The van der Waals surface area contributed by atoms with Gasteiger partial charge in [-0.2, -0.15) is 0 Å². The van der Waals surface area contributed by atoms with Crippen LogP contribution in [0.25, 0.3) is 0 Å². The summed E-state index contributed by atoms with van der Waals surface area (Å²) in [7, 11) is 2.87. The first kappa shape index (κ1) is 45.5. The van der Waals surface area contributed by atoms with Crippen LogP contribution in [-0.2, 0) is 38.2 Å². The van der Waals surface area contributed by atoms with E-state index in [-0.39, 0.29) is 60.3 Å². The van der Waals surface area contributed by atoms with Crippen molar-refractivity contribution in [3.05, 3.63) is 58.5 Å². The minimum atomic E-state index is -1.03. The zero-order valence-corrected chi connectivity index (χ0v) is 32.4. The average Bonchev–Trinajstić information content (AvgIpc) is 3.11.